The number of Topliss-reactive ketones (excluding diaryl/α,β-unsaturated/α-hetero) is 2. The Morgan fingerprint density at radius 1 is 0.550 bits per heavy atom. The highest BCUT2D eigenvalue weighted by atomic mass is 35.5. The zero-order chi connectivity index (χ0) is 29.2. The third-order valence-electron chi connectivity index (χ3n) is 5.75. The lowest BCUT2D eigenvalue weighted by Crippen LogP contribution is -2.06. The molecule has 0 aliphatic carbocycles. The van der Waals surface area contributed by atoms with Crippen molar-refractivity contribution in [1.82, 2.24) is 0 Å². The summed E-state index contributed by atoms with van der Waals surface area (Å²) >= 11 is 12.5. The minimum Gasteiger partial charge on any atom is -0.295 e. The number of carbonyl (C=O) groups is 2. The summed E-state index contributed by atoms with van der Waals surface area (Å²) in [5, 5.41) is -0.159. The first-order valence-corrected chi connectivity index (χ1v) is 17.3. The van der Waals surface area contributed by atoms with Gasteiger partial charge >= 0.3 is 0 Å². The number of ketones is 2. The number of hydrogen-bond donors (Lipinski definition) is 0. The highest BCUT2D eigenvalue weighted by Crippen LogP contribution is 2.45. The fraction of sp³-hybridized carbons (Fsp3) is 0.0714. The van der Waals surface area contributed by atoms with Crippen molar-refractivity contribution < 1.29 is 26.4 Å². The summed E-state index contributed by atoms with van der Waals surface area (Å²) in [6.45, 7) is 2.71. The smallest absolute Gasteiger partial charge is 0.209 e. The average molecular weight is 652 g/mol. The molecule has 12 heteroatoms. The molecule has 0 atom stereocenters. The molecule has 0 saturated heterocycles. The highest BCUT2D eigenvalue weighted by molar-refractivity contribution is 8.76. The Kier molecular flexibility index (Phi) is 9.18. The van der Waals surface area contributed by atoms with E-state index in [0.717, 1.165) is 21.6 Å². The van der Waals surface area contributed by atoms with Crippen molar-refractivity contribution in [3.05, 3.63) is 106 Å². The van der Waals surface area contributed by atoms with Crippen molar-refractivity contribution >= 4 is 76.0 Å². The van der Waals surface area contributed by atoms with E-state index in [2.05, 4.69) is 0 Å². The Morgan fingerprint density at radius 3 is 1.23 bits per heavy atom. The zero-order valence-corrected chi connectivity index (χ0v) is 25.7. The standard InChI is InChI=1S/C28H20Cl2O6S4/c1-17(31)19-11-13-25(21(29)15-19)39(33,34)27-9-5-3-7-23(27)37-38-24-8-4-6-10-28(24)40(35,36)26-14-12-20(18(2)32)16-22(26)30/h3-16H,1-2H3. The van der Waals surface area contributed by atoms with Gasteiger partial charge in [-0.3, -0.25) is 9.59 Å². The van der Waals surface area contributed by atoms with Gasteiger partial charge in [0.05, 0.1) is 29.6 Å². The first kappa shape index (κ1) is 30.4. The molecule has 0 unspecified atom stereocenters. The second-order valence-electron chi connectivity index (χ2n) is 8.47. The molecule has 0 radical (unpaired) electrons. The molecule has 4 aromatic carbocycles. The molecule has 0 heterocycles. The number of benzene rings is 4. The highest BCUT2D eigenvalue weighted by Gasteiger charge is 2.27. The van der Waals surface area contributed by atoms with E-state index in [1.54, 1.807) is 36.4 Å². The van der Waals surface area contributed by atoms with Gasteiger partial charge in [-0.2, -0.15) is 0 Å². The Hall–Kier alpha value is -2.60. The summed E-state index contributed by atoms with van der Waals surface area (Å²) in [5.41, 5.74) is 0.576. The van der Waals surface area contributed by atoms with Crippen molar-refractivity contribution in [2.24, 2.45) is 0 Å². The second kappa shape index (κ2) is 12.1. The summed E-state index contributed by atoms with van der Waals surface area (Å²) in [4.78, 5) is 23.7. The Labute approximate surface area is 250 Å². The van der Waals surface area contributed by atoms with Crippen molar-refractivity contribution in [2.45, 2.75) is 43.2 Å². The molecule has 0 spiro atoms. The van der Waals surface area contributed by atoms with Gasteiger partial charge in [0.2, 0.25) is 19.7 Å². The summed E-state index contributed by atoms with van der Waals surface area (Å²) in [5.74, 6) is -0.495. The van der Waals surface area contributed by atoms with Gasteiger partial charge in [0.25, 0.3) is 0 Å². The van der Waals surface area contributed by atoms with E-state index in [4.69, 9.17) is 23.2 Å². The van der Waals surface area contributed by atoms with Gasteiger partial charge in [-0.15, -0.1) is 0 Å². The lowest BCUT2D eigenvalue weighted by atomic mass is 10.1. The quantitative estimate of drug-likeness (QED) is 0.133. The minimum atomic E-state index is -4.09. The molecular weight excluding hydrogens is 631 g/mol. The maximum atomic E-state index is 13.6. The van der Waals surface area contributed by atoms with E-state index in [9.17, 15) is 26.4 Å². The first-order valence-electron chi connectivity index (χ1n) is 11.5. The van der Waals surface area contributed by atoms with Crippen molar-refractivity contribution in [2.75, 3.05) is 0 Å². The van der Waals surface area contributed by atoms with Gasteiger partial charge in [-0.05, 0) is 62.4 Å². The van der Waals surface area contributed by atoms with Crippen LogP contribution in [0.25, 0.3) is 0 Å². The molecule has 0 aliphatic rings. The normalized spacial score (nSPS) is 11.8. The van der Waals surface area contributed by atoms with Crippen LogP contribution in [0.2, 0.25) is 10.0 Å². The van der Waals surface area contributed by atoms with E-state index in [1.165, 1.54) is 62.4 Å². The Bertz CT molecular complexity index is 1730. The van der Waals surface area contributed by atoms with Gasteiger partial charge in [0, 0.05) is 20.9 Å². The van der Waals surface area contributed by atoms with E-state index in [0.29, 0.717) is 9.79 Å². The molecule has 0 aliphatic heterocycles. The van der Waals surface area contributed by atoms with Crippen LogP contribution >= 0.6 is 44.8 Å². The van der Waals surface area contributed by atoms with Crippen LogP contribution < -0.4 is 0 Å². The third-order valence-corrected chi connectivity index (χ3v) is 13.1. The minimum absolute atomic E-state index is 0.0202. The third kappa shape index (κ3) is 6.17. The largest absolute Gasteiger partial charge is 0.295 e. The van der Waals surface area contributed by atoms with Crippen molar-refractivity contribution in [3.8, 4) is 0 Å². The molecule has 6 nitrogen and oxygen atoms in total. The monoisotopic (exact) mass is 650 g/mol. The summed E-state index contributed by atoms with van der Waals surface area (Å²) in [7, 11) is -6.03. The maximum absolute atomic E-state index is 13.6. The molecule has 0 amide bonds. The summed E-state index contributed by atoms with van der Waals surface area (Å²) in [6.07, 6.45) is 0. The van der Waals surface area contributed by atoms with E-state index >= 15 is 0 Å². The van der Waals surface area contributed by atoms with E-state index < -0.39 is 19.7 Å². The fourth-order valence-electron chi connectivity index (χ4n) is 3.68. The molecule has 4 aromatic rings. The van der Waals surface area contributed by atoms with Crippen LogP contribution in [-0.2, 0) is 19.7 Å². The van der Waals surface area contributed by atoms with Crippen molar-refractivity contribution in [3.63, 3.8) is 0 Å². The van der Waals surface area contributed by atoms with Crippen LogP contribution in [0.1, 0.15) is 34.6 Å². The van der Waals surface area contributed by atoms with Crippen LogP contribution in [0, 0.1) is 0 Å². The van der Waals surface area contributed by atoms with Gasteiger partial charge < -0.3 is 0 Å². The molecule has 0 saturated carbocycles. The zero-order valence-electron chi connectivity index (χ0n) is 20.9. The van der Waals surface area contributed by atoms with Crippen LogP contribution in [0.15, 0.2) is 114 Å². The van der Waals surface area contributed by atoms with Gasteiger partial charge in [0.1, 0.15) is 0 Å². The number of halogens is 2. The molecule has 4 rings (SSSR count). The van der Waals surface area contributed by atoms with Crippen LogP contribution in [0.4, 0.5) is 0 Å². The van der Waals surface area contributed by atoms with Crippen LogP contribution in [-0.4, -0.2) is 28.4 Å². The molecule has 0 fully saturated rings. The predicted molar refractivity (Wildman–Crippen MR) is 158 cm³/mol. The molecule has 0 N–H and O–H groups in total. The van der Waals surface area contributed by atoms with Crippen LogP contribution in [0.3, 0.4) is 0 Å². The molecule has 0 bridgehead atoms. The van der Waals surface area contributed by atoms with E-state index in [-0.39, 0.29) is 52.3 Å². The summed E-state index contributed by atoms with van der Waals surface area (Å²) in [6, 6.07) is 20.6. The second-order valence-corrected chi connectivity index (χ2v) is 15.3. The van der Waals surface area contributed by atoms with E-state index in [1.807, 2.05) is 0 Å². The van der Waals surface area contributed by atoms with Gasteiger partial charge in [-0.1, -0.05) is 81.2 Å². The van der Waals surface area contributed by atoms with Gasteiger partial charge in [0.15, 0.2) is 11.6 Å². The lowest BCUT2D eigenvalue weighted by molar-refractivity contribution is 0.100. The average Bonchev–Trinajstić information content (AvgIpc) is 2.91. The van der Waals surface area contributed by atoms with Crippen LogP contribution in [0.5, 0.6) is 0 Å². The number of carbonyl (C=O) groups excluding carboxylic acids is 2. The summed E-state index contributed by atoms with van der Waals surface area (Å²) < 4.78 is 54.3. The Balaban J connectivity index is 1.69. The number of hydrogen-bond acceptors (Lipinski definition) is 8. The Morgan fingerprint density at radius 2 is 0.900 bits per heavy atom. The SMILES string of the molecule is CC(=O)c1ccc(S(=O)(=O)c2ccccc2SSc2ccccc2S(=O)(=O)c2ccc(C(C)=O)cc2Cl)c(Cl)c1. The molecular formula is C28H20Cl2O6S4. The fourth-order valence-corrected chi connectivity index (χ4v) is 10.8. The number of rotatable bonds is 9. The topological polar surface area (TPSA) is 102 Å². The number of sulfone groups is 2. The predicted octanol–water partition coefficient (Wildman–Crippen LogP) is 7.86. The first-order chi connectivity index (χ1) is 18.8. The maximum Gasteiger partial charge on any atom is 0.209 e. The molecule has 40 heavy (non-hydrogen) atoms. The van der Waals surface area contributed by atoms with Gasteiger partial charge in [-0.25, -0.2) is 16.8 Å². The molecule has 0 aromatic heterocycles. The lowest BCUT2D eigenvalue weighted by Gasteiger charge is -2.14. The molecule has 206 valence electrons. The van der Waals surface area contributed by atoms with Crippen molar-refractivity contribution in [1.29, 1.82) is 0 Å².